The van der Waals surface area contributed by atoms with Gasteiger partial charge in [-0.2, -0.15) is 0 Å². The number of carboxylic acid groups (broad SMARTS) is 3. The van der Waals surface area contributed by atoms with Crippen LogP contribution in [0.15, 0.2) is 12.2 Å². The average Bonchev–Trinajstić information content (AvgIpc) is 2.89. The molecule has 0 fully saturated rings. The van der Waals surface area contributed by atoms with Crippen LogP contribution >= 0.6 is 0 Å². The summed E-state index contributed by atoms with van der Waals surface area (Å²) in [5.41, 5.74) is 0. The largest absolute Gasteiger partial charge is 0.481 e. The number of quaternary nitrogens is 1. The summed E-state index contributed by atoms with van der Waals surface area (Å²) in [6, 6.07) is 0. The van der Waals surface area contributed by atoms with Crippen LogP contribution in [0.3, 0.4) is 0 Å². The quantitative estimate of drug-likeness (QED) is 0.0498. The Labute approximate surface area is 245 Å². The van der Waals surface area contributed by atoms with Crippen LogP contribution in [0.25, 0.3) is 0 Å². The fourth-order valence-corrected chi connectivity index (χ4v) is 5.70. The minimum absolute atomic E-state index is 0.205. The number of hydrogen-bond donors (Lipinski definition) is 3. The van der Waals surface area contributed by atoms with Crippen molar-refractivity contribution in [1.29, 1.82) is 0 Å². The first kappa shape index (κ1) is 38.1. The van der Waals surface area contributed by atoms with Crippen LogP contribution in [0.4, 0.5) is 0 Å². The van der Waals surface area contributed by atoms with Gasteiger partial charge in [0.25, 0.3) is 0 Å². The van der Waals surface area contributed by atoms with Crippen molar-refractivity contribution in [2.45, 2.75) is 137 Å². The molecule has 0 aromatic rings. The van der Waals surface area contributed by atoms with Gasteiger partial charge in [-0.05, 0) is 52.9 Å². The lowest BCUT2D eigenvalue weighted by atomic mass is 10.0. The maximum atomic E-state index is 11.6. The van der Waals surface area contributed by atoms with Gasteiger partial charge in [0.05, 0.1) is 26.2 Å². The van der Waals surface area contributed by atoms with E-state index in [1.807, 2.05) is 0 Å². The number of nitrogens with zero attached hydrogens (tertiary/aromatic N) is 1. The van der Waals surface area contributed by atoms with Crippen molar-refractivity contribution in [2.24, 2.45) is 17.8 Å². The van der Waals surface area contributed by atoms with E-state index in [1.54, 1.807) is 20.8 Å². The first-order valence-electron chi connectivity index (χ1n) is 16.2. The van der Waals surface area contributed by atoms with Crippen LogP contribution in [-0.4, -0.2) is 63.9 Å². The van der Waals surface area contributed by atoms with Crippen molar-refractivity contribution in [3.63, 3.8) is 0 Å². The maximum Gasteiger partial charge on any atom is 0.311 e. The van der Waals surface area contributed by atoms with E-state index >= 15 is 0 Å². The van der Waals surface area contributed by atoms with Crippen molar-refractivity contribution in [3.05, 3.63) is 12.2 Å². The van der Waals surface area contributed by atoms with Crippen molar-refractivity contribution >= 4 is 17.9 Å². The molecule has 0 aliphatic carbocycles. The molecule has 0 spiro atoms. The lowest BCUT2D eigenvalue weighted by molar-refractivity contribution is -0.934. The zero-order valence-corrected chi connectivity index (χ0v) is 26.2. The van der Waals surface area contributed by atoms with Gasteiger partial charge in [0.2, 0.25) is 0 Å². The Morgan fingerprint density at radius 2 is 0.825 bits per heavy atom. The van der Waals surface area contributed by atoms with Crippen molar-refractivity contribution in [3.8, 4) is 0 Å². The van der Waals surface area contributed by atoms with Gasteiger partial charge in [-0.25, -0.2) is 0 Å². The molecule has 0 aromatic carbocycles. The number of rotatable bonds is 28. The molecular formula is C33H62NO6+. The van der Waals surface area contributed by atoms with E-state index in [9.17, 15) is 29.7 Å². The highest BCUT2D eigenvalue weighted by Crippen LogP contribution is 2.22. The fourth-order valence-electron chi connectivity index (χ4n) is 5.70. The van der Waals surface area contributed by atoms with Gasteiger partial charge in [0, 0.05) is 0 Å². The number of carbonyl (C=O) groups is 3. The zero-order chi connectivity index (χ0) is 30.2. The third kappa shape index (κ3) is 20.1. The number of hydrogen-bond acceptors (Lipinski definition) is 3. The minimum atomic E-state index is -0.940. The molecule has 3 N–H and O–H groups in total. The Kier molecular flexibility index (Phi) is 22.7. The number of allylic oxidation sites excluding steroid dienone is 2. The first-order chi connectivity index (χ1) is 19.0. The molecule has 0 rings (SSSR count). The lowest BCUT2D eigenvalue weighted by Gasteiger charge is -2.42. The van der Waals surface area contributed by atoms with Crippen molar-refractivity contribution in [1.82, 2.24) is 0 Å². The van der Waals surface area contributed by atoms with E-state index in [2.05, 4.69) is 19.1 Å². The van der Waals surface area contributed by atoms with E-state index in [4.69, 9.17) is 0 Å². The summed E-state index contributed by atoms with van der Waals surface area (Å²) >= 11 is 0. The first-order valence-corrected chi connectivity index (χ1v) is 16.2. The number of aliphatic carboxylic acids is 3. The Hall–Kier alpha value is -1.89. The molecule has 0 aliphatic rings. The van der Waals surface area contributed by atoms with E-state index < -0.39 is 35.7 Å². The molecule has 0 bridgehead atoms. The van der Waals surface area contributed by atoms with Gasteiger partial charge >= 0.3 is 17.9 Å². The highest BCUT2D eigenvalue weighted by atomic mass is 16.4. The van der Waals surface area contributed by atoms with Crippen molar-refractivity contribution < 1.29 is 34.2 Å². The third-order valence-electron chi connectivity index (χ3n) is 8.14. The minimum Gasteiger partial charge on any atom is -0.481 e. The highest BCUT2D eigenvalue weighted by molar-refractivity contribution is 5.70. The average molecular weight is 569 g/mol. The van der Waals surface area contributed by atoms with Gasteiger partial charge in [-0.15, -0.1) is 0 Å². The molecule has 7 nitrogen and oxygen atoms in total. The number of carboxylic acids is 3. The molecule has 234 valence electrons. The zero-order valence-electron chi connectivity index (χ0n) is 26.2. The summed E-state index contributed by atoms with van der Waals surface area (Å²) in [7, 11) is 0. The Balaban J connectivity index is 4.37. The predicted molar refractivity (Wildman–Crippen MR) is 163 cm³/mol. The normalized spacial score (nSPS) is 15.5. The van der Waals surface area contributed by atoms with E-state index in [0.29, 0.717) is 6.54 Å². The predicted octanol–water partition coefficient (Wildman–Crippen LogP) is 8.17. The summed E-state index contributed by atoms with van der Waals surface area (Å²) < 4.78 is 0.205. The van der Waals surface area contributed by atoms with Crippen LogP contribution in [0.5, 0.6) is 0 Å². The highest BCUT2D eigenvalue weighted by Gasteiger charge is 2.38. The molecular weight excluding hydrogens is 506 g/mol. The molecule has 7 heteroatoms. The summed E-state index contributed by atoms with van der Waals surface area (Å²) in [6.07, 6.45) is 25.9. The Bertz CT molecular complexity index is 652. The molecule has 0 saturated heterocycles. The van der Waals surface area contributed by atoms with E-state index in [1.165, 1.54) is 83.5 Å². The summed E-state index contributed by atoms with van der Waals surface area (Å²) in [5, 5.41) is 28.5. The molecule has 0 aromatic heterocycles. The topological polar surface area (TPSA) is 112 Å². The molecule has 0 aliphatic heterocycles. The molecule has 0 heterocycles. The number of unbranched alkanes of at least 4 members (excludes halogenated alkanes) is 15. The molecule has 0 saturated carbocycles. The summed E-state index contributed by atoms with van der Waals surface area (Å²) in [6.45, 7) is 8.40. The second-order valence-corrected chi connectivity index (χ2v) is 12.3. The molecule has 3 atom stereocenters. The second-order valence-electron chi connectivity index (χ2n) is 12.3. The van der Waals surface area contributed by atoms with Crippen LogP contribution in [0, 0.1) is 17.8 Å². The Morgan fingerprint density at radius 3 is 1.15 bits per heavy atom. The fraction of sp³-hybridized carbons (Fsp3) is 0.848. The third-order valence-corrected chi connectivity index (χ3v) is 8.14. The summed E-state index contributed by atoms with van der Waals surface area (Å²) in [5.74, 6) is -4.86. The van der Waals surface area contributed by atoms with Gasteiger partial charge in [-0.3, -0.25) is 14.4 Å². The molecule has 0 radical (unpaired) electrons. The van der Waals surface area contributed by atoms with Crippen molar-refractivity contribution in [2.75, 3.05) is 26.2 Å². The monoisotopic (exact) mass is 568 g/mol. The van der Waals surface area contributed by atoms with Gasteiger partial charge in [0.1, 0.15) is 17.8 Å². The summed E-state index contributed by atoms with van der Waals surface area (Å²) in [4.78, 5) is 34.8. The van der Waals surface area contributed by atoms with Gasteiger partial charge in [0.15, 0.2) is 0 Å². The molecule has 3 unspecified atom stereocenters. The van der Waals surface area contributed by atoms with E-state index in [-0.39, 0.29) is 24.1 Å². The molecule has 40 heavy (non-hydrogen) atoms. The second kappa shape index (κ2) is 23.8. The maximum absolute atomic E-state index is 11.6. The lowest BCUT2D eigenvalue weighted by Crippen LogP contribution is -2.57. The van der Waals surface area contributed by atoms with Crippen LogP contribution in [0.2, 0.25) is 0 Å². The van der Waals surface area contributed by atoms with Gasteiger partial charge in [-0.1, -0.05) is 96.1 Å². The SMILES string of the molecule is CCCCCCCCCCCCCCC/C=C/CCCC[N+](CC(C)C(=O)O)(CC(C)C(=O)O)CC(C)C(=O)O. The van der Waals surface area contributed by atoms with Crippen LogP contribution < -0.4 is 0 Å². The van der Waals surface area contributed by atoms with Crippen LogP contribution in [0.1, 0.15) is 137 Å². The standard InChI is InChI=1S/C33H61NO6/c1-5-6-7-8-9-10-11-12-13-14-15-16-17-18-19-20-21-22-23-24-34(25-28(2)31(35)36,26-29(3)32(37)38)27-30(4)33(39)40/h19-20,28-30H,5-18,21-27H2,1-4H3,(H2-,35,36,37,38,39,40)/p+1/b20-19+. The smallest absolute Gasteiger partial charge is 0.311 e. The Morgan fingerprint density at radius 1 is 0.525 bits per heavy atom. The van der Waals surface area contributed by atoms with Crippen LogP contribution in [-0.2, 0) is 14.4 Å². The van der Waals surface area contributed by atoms with Gasteiger partial charge < -0.3 is 19.8 Å². The van der Waals surface area contributed by atoms with E-state index in [0.717, 1.165) is 25.7 Å². The molecule has 0 amide bonds.